The van der Waals surface area contributed by atoms with Crippen molar-refractivity contribution in [3.05, 3.63) is 28.1 Å². The molecule has 0 bridgehead atoms. The summed E-state index contributed by atoms with van der Waals surface area (Å²) in [6.07, 6.45) is 0.635. The predicted octanol–water partition coefficient (Wildman–Crippen LogP) is 3.07. The molecule has 0 saturated heterocycles. The molecule has 2 rings (SSSR count). The van der Waals surface area contributed by atoms with Crippen molar-refractivity contribution in [2.24, 2.45) is 0 Å². The molecule has 0 aliphatic rings. The standard InChI is InChI=1S/C9H5ClO2S/c10-6-3-1-2-5-8(12)7(4-11)13-9(5)6/h1-4,12H. The zero-order valence-electron chi connectivity index (χ0n) is 6.45. The molecule has 0 aliphatic carbocycles. The van der Waals surface area contributed by atoms with E-state index in [0.717, 1.165) is 4.70 Å². The lowest BCUT2D eigenvalue weighted by Crippen LogP contribution is -1.69. The van der Waals surface area contributed by atoms with E-state index in [4.69, 9.17) is 11.6 Å². The molecule has 2 aromatic rings. The minimum atomic E-state index is 0.0255. The minimum Gasteiger partial charge on any atom is -0.506 e. The van der Waals surface area contributed by atoms with Crippen molar-refractivity contribution in [1.82, 2.24) is 0 Å². The smallest absolute Gasteiger partial charge is 0.163 e. The van der Waals surface area contributed by atoms with Crippen molar-refractivity contribution >= 4 is 39.3 Å². The SMILES string of the molecule is O=Cc1sc2c(Cl)cccc2c1O. The molecular weight excluding hydrogens is 208 g/mol. The van der Waals surface area contributed by atoms with Crippen LogP contribution in [-0.4, -0.2) is 11.4 Å². The summed E-state index contributed by atoms with van der Waals surface area (Å²) >= 11 is 7.08. The fourth-order valence-corrected chi connectivity index (χ4v) is 2.38. The second kappa shape index (κ2) is 3.01. The Kier molecular flexibility index (Phi) is 1.98. The second-order valence-electron chi connectivity index (χ2n) is 2.55. The van der Waals surface area contributed by atoms with Crippen molar-refractivity contribution in [3.63, 3.8) is 0 Å². The van der Waals surface area contributed by atoms with Gasteiger partial charge in [0.25, 0.3) is 0 Å². The first-order chi connectivity index (χ1) is 6.24. The molecule has 0 atom stereocenters. The average Bonchev–Trinajstić information content (AvgIpc) is 2.45. The topological polar surface area (TPSA) is 37.3 Å². The number of carbonyl (C=O) groups is 1. The van der Waals surface area contributed by atoms with Gasteiger partial charge in [0.05, 0.1) is 9.72 Å². The van der Waals surface area contributed by atoms with Crippen LogP contribution in [0.15, 0.2) is 18.2 Å². The van der Waals surface area contributed by atoms with Crippen molar-refractivity contribution in [3.8, 4) is 5.75 Å². The normalized spacial score (nSPS) is 10.5. The van der Waals surface area contributed by atoms with Crippen LogP contribution in [0.1, 0.15) is 9.67 Å². The van der Waals surface area contributed by atoms with E-state index in [1.165, 1.54) is 11.3 Å². The first-order valence-electron chi connectivity index (χ1n) is 3.59. The Hall–Kier alpha value is -1.06. The largest absolute Gasteiger partial charge is 0.506 e. The van der Waals surface area contributed by atoms with Crippen LogP contribution in [-0.2, 0) is 0 Å². The van der Waals surface area contributed by atoms with Gasteiger partial charge in [0.1, 0.15) is 10.6 Å². The third kappa shape index (κ3) is 1.20. The van der Waals surface area contributed by atoms with Crippen molar-refractivity contribution in [1.29, 1.82) is 0 Å². The summed E-state index contributed by atoms with van der Waals surface area (Å²) in [6.45, 7) is 0. The van der Waals surface area contributed by atoms with Gasteiger partial charge in [-0.2, -0.15) is 0 Å². The molecular formula is C9H5ClO2S. The zero-order chi connectivity index (χ0) is 9.42. The van der Waals surface area contributed by atoms with E-state index in [-0.39, 0.29) is 5.75 Å². The third-order valence-electron chi connectivity index (χ3n) is 1.77. The van der Waals surface area contributed by atoms with Crippen LogP contribution < -0.4 is 0 Å². The van der Waals surface area contributed by atoms with E-state index in [0.29, 0.717) is 21.6 Å². The van der Waals surface area contributed by atoms with E-state index in [2.05, 4.69) is 0 Å². The molecule has 0 saturated carbocycles. The van der Waals surface area contributed by atoms with Gasteiger partial charge in [0.2, 0.25) is 0 Å². The monoisotopic (exact) mass is 212 g/mol. The number of carbonyl (C=O) groups excluding carboxylic acids is 1. The maximum absolute atomic E-state index is 10.5. The quantitative estimate of drug-likeness (QED) is 0.738. The lowest BCUT2D eigenvalue weighted by Gasteiger charge is -1.91. The second-order valence-corrected chi connectivity index (χ2v) is 4.01. The highest BCUT2D eigenvalue weighted by molar-refractivity contribution is 7.21. The number of hydrogen-bond acceptors (Lipinski definition) is 3. The van der Waals surface area contributed by atoms with Crippen molar-refractivity contribution in [2.75, 3.05) is 0 Å². The van der Waals surface area contributed by atoms with Crippen LogP contribution in [0.3, 0.4) is 0 Å². The molecule has 4 heteroatoms. The third-order valence-corrected chi connectivity index (χ3v) is 3.36. The molecule has 0 amide bonds. The van der Waals surface area contributed by atoms with E-state index in [1.807, 2.05) is 0 Å². The maximum Gasteiger partial charge on any atom is 0.163 e. The van der Waals surface area contributed by atoms with Crippen molar-refractivity contribution in [2.45, 2.75) is 0 Å². The van der Waals surface area contributed by atoms with E-state index in [9.17, 15) is 9.90 Å². The van der Waals surface area contributed by atoms with Gasteiger partial charge >= 0.3 is 0 Å². The zero-order valence-corrected chi connectivity index (χ0v) is 8.02. The van der Waals surface area contributed by atoms with Gasteiger partial charge in [0.15, 0.2) is 6.29 Å². The highest BCUT2D eigenvalue weighted by Gasteiger charge is 2.11. The number of halogens is 1. The van der Waals surface area contributed by atoms with Gasteiger partial charge in [-0.1, -0.05) is 17.7 Å². The minimum absolute atomic E-state index is 0.0255. The highest BCUT2D eigenvalue weighted by Crippen LogP contribution is 2.39. The summed E-state index contributed by atoms with van der Waals surface area (Å²) in [5.41, 5.74) is 0. The Labute approximate surface area is 83.4 Å². The first kappa shape index (κ1) is 8.53. The summed E-state index contributed by atoms with van der Waals surface area (Å²) in [6, 6.07) is 5.21. The fraction of sp³-hybridized carbons (Fsp3) is 0. The van der Waals surface area contributed by atoms with E-state index in [1.54, 1.807) is 18.2 Å². The van der Waals surface area contributed by atoms with E-state index >= 15 is 0 Å². The fourth-order valence-electron chi connectivity index (χ4n) is 1.17. The van der Waals surface area contributed by atoms with Crippen LogP contribution in [0, 0.1) is 0 Å². The Morgan fingerprint density at radius 2 is 2.23 bits per heavy atom. The van der Waals surface area contributed by atoms with Crippen LogP contribution in [0.2, 0.25) is 5.02 Å². The Morgan fingerprint density at radius 3 is 2.85 bits per heavy atom. The number of hydrogen-bond donors (Lipinski definition) is 1. The Balaban J connectivity index is 2.91. The number of fused-ring (bicyclic) bond motifs is 1. The van der Waals surface area contributed by atoms with Gasteiger partial charge in [-0.05, 0) is 12.1 Å². The Bertz CT molecular complexity index is 476. The number of aromatic hydroxyl groups is 1. The van der Waals surface area contributed by atoms with Crippen LogP contribution >= 0.6 is 22.9 Å². The molecule has 66 valence electrons. The molecule has 0 spiro atoms. The number of rotatable bonds is 1. The van der Waals surface area contributed by atoms with Gasteiger partial charge in [-0.25, -0.2) is 0 Å². The summed E-state index contributed by atoms with van der Waals surface area (Å²) in [7, 11) is 0. The van der Waals surface area contributed by atoms with Gasteiger partial charge < -0.3 is 5.11 Å². The van der Waals surface area contributed by atoms with Gasteiger partial charge in [-0.15, -0.1) is 11.3 Å². The van der Waals surface area contributed by atoms with Crippen LogP contribution in [0.4, 0.5) is 0 Å². The molecule has 1 aromatic carbocycles. The highest BCUT2D eigenvalue weighted by atomic mass is 35.5. The van der Waals surface area contributed by atoms with Crippen LogP contribution in [0.25, 0.3) is 10.1 Å². The summed E-state index contributed by atoms with van der Waals surface area (Å²) < 4.78 is 0.753. The molecule has 13 heavy (non-hydrogen) atoms. The lowest BCUT2D eigenvalue weighted by molar-refractivity contribution is 0.112. The van der Waals surface area contributed by atoms with Crippen LogP contribution in [0.5, 0.6) is 5.75 Å². The number of benzene rings is 1. The summed E-state index contributed by atoms with van der Waals surface area (Å²) in [4.78, 5) is 10.8. The number of aldehydes is 1. The molecule has 0 unspecified atom stereocenters. The van der Waals surface area contributed by atoms with Gasteiger partial charge in [-0.3, -0.25) is 4.79 Å². The molecule has 1 aromatic heterocycles. The molecule has 1 heterocycles. The van der Waals surface area contributed by atoms with Crippen molar-refractivity contribution < 1.29 is 9.90 Å². The molecule has 0 radical (unpaired) electrons. The summed E-state index contributed by atoms with van der Waals surface area (Å²) in [5, 5.41) is 10.7. The Morgan fingerprint density at radius 1 is 1.46 bits per heavy atom. The molecule has 1 N–H and O–H groups in total. The molecule has 0 aliphatic heterocycles. The molecule has 0 fully saturated rings. The summed E-state index contributed by atoms with van der Waals surface area (Å²) in [5.74, 6) is 0.0255. The maximum atomic E-state index is 10.5. The average molecular weight is 213 g/mol. The van der Waals surface area contributed by atoms with E-state index < -0.39 is 0 Å². The lowest BCUT2D eigenvalue weighted by atomic mass is 10.2. The first-order valence-corrected chi connectivity index (χ1v) is 4.78. The predicted molar refractivity (Wildman–Crippen MR) is 53.9 cm³/mol. The van der Waals surface area contributed by atoms with Gasteiger partial charge in [0, 0.05) is 5.39 Å². The number of thiophene rings is 1. The molecule has 2 nitrogen and oxygen atoms in total.